The van der Waals surface area contributed by atoms with Crippen LogP contribution in [0, 0.1) is 0 Å². The molecule has 0 amide bonds. The second-order valence-electron chi connectivity index (χ2n) is 5.38. The van der Waals surface area contributed by atoms with E-state index in [0.29, 0.717) is 0 Å². The molecule has 2 N–H and O–H groups in total. The Morgan fingerprint density at radius 1 is 0.696 bits per heavy atom. The molecule has 0 saturated carbocycles. The van der Waals surface area contributed by atoms with Gasteiger partial charge in [0.2, 0.25) is 0 Å². The third-order valence-electron chi connectivity index (χ3n) is 3.88. The normalized spacial score (nSPS) is 11.0. The molecule has 1 heterocycles. The maximum atomic E-state index is 9.41. The molecule has 0 aliphatic rings. The Morgan fingerprint density at radius 3 is 2.00 bits per heavy atom. The zero-order chi connectivity index (χ0) is 15.8. The molecule has 23 heavy (non-hydrogen) atoms. The van der Waals surface area contributed by atoms with Crippen molar-refractivity contribution in [2.75, 3.05) is 0 Å². The van der Waals surface area contributed by atoms with Gasteiger partial charge in [0, 0.05) is 5.69 Å². The van der Waals surface area contributed by atoms with Gasteiger partial charge in [-0.25, -0.2) is 4.98 Å². The average Bonchev–Trinajstić information content (AvgIpc) is 2.99. The minimum absolute atomic E-state index is 0.243. The molecule has 0 saturated heterocycles. The number of imidazole rings is 1. The second kappa shape index (κ2) is 5.18. The minimum Gasteiger partial charge on any atom is -0.508 e. The van der Waals surface area contributed by atoms with E-state index in [4.69, 9.17) is 0 Å². The fourth-order valence-electron chi connectivity index (χ4n) is 2.67. The van der Waals surface area contributed by atoms with Gasteiger partial charge in [-0.1, -0.05) is 18.2 Å². The number of phenolic OH excluding ortho intramolecular Hbond substituents is 2. The lowest BCUT2D eigenvalue weighted by Crippen LogP contribution is -1.91. The minimum atomic E-state index is 0.243. The fraction of sp³-hybridized carbons (Fsp3) is 0. The van der Waals surface area contributed by atoms with Gasteiger partial charge in [-0.15, -0.1) is 0 Å². The van der Waals surface area contributed by atoms with Crippen molar-refractivity contribution in [3.05, 3.63) is 73.1 Å². The summed E-state index contributed by atoms with van der Waals surface area (Å²) < 4.78 is 1.98. The molecular formula is C19H14N2O2. The summed E-state index contributed by atoms with van der Waals surface area (Å²) >= 11 is 0. The number of aromatic hydroxyl groups is 2. The predicted molar refractivity (Wildman–Crippen MR) is 89.8 cm³/mol. The summed E-state index contributed by atoms with van der Waals surface area (Å²) in [5, 5.41) is 18.8. The highest BCUT2D eigenvalue weighted by atomic mass is 16.3. The van der Waals surface area contributed by atoms with Gasteiger partial charge in [-0.2, -0.15) is 0 Å². The summed E-state index contributed by atoms with van der Waals surface area (Å²) in [7, 11) is 0. The SMILES string of the molecule is Oc1ccc(-c2ccc3c(c2)ncn3-c2ccc(O)cc2)cc1. The third-order valence-corrected chi connectivity index (χ3v) is 3.88. The van der Waals surface area contributed by atoms with Crippen LogP contribution < -0.4 is 0 Å². The molecule has 3 aromatic carbocycles. The molecule has 1 aromatic heterocycles. The predicted octanol–water partition coefficient (Wildman–Crippen LogP) is 4.10. The number of fused-ring (bicyclic) bond motifs is 1. The smallest absolute Gasteiger partial charge is 0.115 e. The molecule has 0 radical (unpaired) electrons. The summed E-state index contributed by atoms with van der Waals surface area (Å²) in [6.07, 6.45) is 1.78. The van der Waals surface area contributed by atoms with Gasteiger partial charge in [0.05, 0.1) is 11.0 Å². The lowest BCUT2D eigenvalue weighted by atomic mass is 10.1. The molecule has 0 atom stereocenters. The van der Waals surface area contributed by atoms with Crippen molar-refractivity contribution in [2.24, 2.45) is 0 Å². The summed E-state index contributed by atoms with van der Waals surface area (Å²) in [4.78, 5) is 4.47. The largest absolute Gasteiger partial charge is 0.508 e. The lowest BCUT2D eigenvalue weighted by molar-refractivity contribution is 0.475. The van der Waals surface area contributed by atoms with Gasteiger partial charge >= 0.3 is 0 Å². The molecule has 0 aliphatic carbocycles. The van der Waals surface area contributed by atoms with E-state index in [1.54, 1.807) is 30.6 Å². The maximum absolute atomic E-state index is 9.41. The van der Waals surface area contributed by atoms with Gasteiger partial charge in [0.15, 0.2) is 0 Å². The Labute approximate surface area is 132 Å². The van der Waals surface area contributed by atoms with Crippen molar-refractivity contribution in [1.82, 2.24) is 9.55 Å². The fourth-order valence-corrected chi connectivity index (χ4v) is 2.67. The molecule has 0 fully saturated rings. The van der Waals surface area contributed by atoms with Crippen molar-refractivity contribution in [2.45, 2.75) is 0 Å². The quantitative estimate of drug-likeness (QED) is 0.586. The van der Waals surface area contributed by atoms with Crippen LogP contribution in [0.15, 0.2) is 73.1 Å². The molecule has 0 bridgehead atoms. The molecule has 0 unspecified atom stereocenters. The van der Waals surface area contributed by atoms with Crippen LogP contribution in [-0.2, 0) is 0 Å². The summed E-state index contributed by atoms with van der Waals surface area (Å²) in [5.74, 6) is 0.499. The van der Waals surface area contributed by atoms with E-state index >= 15 is 0 Å². The van der Waals surface area contributed by atoms with Crippen molar-refractivity contribution in [1.29, 1.82) is 0 Å². The Hall–Kier alpha value is -3.27. The molecule has 4 heteroatoms. The number of aromatic nitrogens is 2. The average molecular weight is 302 g/mol. The van der Waals surface area contributed by atoms with Crippen LogP contribution in [0.2, 0.25) is 0 Å². The van der Waals surface area contributed by atoms with E-state index < -0.39 is 0 Å². The number of rotatable bonds is 2. The Balaban J connectivity index is 1.79. The van der Waals surface area contributed by atoms with E-state index in [9.17, 15) is 10.2 Å². The van der Waals surface area contributed by atoms with E-state index in [0.717, 1.165) is 27.8 Å². The van der Waals surface area contributed by atoms with Crippen LogP contribution >= 0.6 is 0 Å². The van der Waals surface area contributed by atoms with Crippen LogP contribution in [0.3, 0.4) is 0 Å². The molecule has 4 aromatic rings. The molecule has 0 spiro atoms. The Morgan fingerprint density at radius 2 is 1.30 bits per heavy atom. The van der Waals surface area contributed by atoms with Crippen LogP contribution in [0.4, 0.5) is 0 Å². The van der Waals surface area contributed by atoms with Crippen LogP contribution in [-0.4, -0.2) is 19.8 Å². The second-order valence-corrected chi connectivity index (χ2v) is 5.38. The zero-order valence-electron chi connectivity index (χ0n) is 12.2. The van der Waals surface area contributed by atoms with Crippen molar-refractivity contribution in [3.63, 3.8) is 0 Å². The van der Waals surface area contributed by atoms with Gasteiger partial charge in [-0.05, 0) is 59.7 Å². The highest BCUT2D eigenvalue weighted by Gasteiger charge is 2.07. The number of nitrogens with zero attached hydrogens (tertiary/aromatic N) is 2. The molecular weight excluding hydrogens is 288 g/mol. The van der Waals surface area contributed by atoms with E-state index in [-0.39, 0.29) is 11.5 Å². The van der Waals surface area contributed by atoms with Crippen molar-refractivity contribution < 1.29 is 10.2 Å². The first-order valence-corrected chi connectivity index (χ1v) is 7.27. The van der Waals surface area contributed by atoms with E-state index in [1.165, 1.54) is 0 Å². The molecule has 112 valence electrons. The number of phenols is 2. The first-order chi connectivity index (χ1) is 11.2. The monoisotopic (exact) mass is 302 g/mol. The zero-order valence-corrected chi connectivity index (χ0v) is 12.2. The number of benzene rings is 3. The summed E-state index contributed by atoms with van der Waals surface area (Å²) in [6, 6.07) is 20.2. The van der Waals surface area contributed by atoms with Crippen LogP contribution in [0.5, 0.6) is 11.5 Å². The van der Waals surface area contributed by atoms with E-state index in [2.05, 4.69) is 4.98 Å². The molecule has 0 aliphatic heterocycles. The van der Waals surface area contributed by atoms with Crippen molar-refractivity contribution in [3.8, 4) is 28.3 Å². The van der Waals surface area contributed by atoms with E-state index in [1.807, 2.05) is 47.0 Å². The topological polar surface area (TPSA) is 58.3 Å². The number of hydrogen-bond acceptors (Lipinski definition) is 3. The summed E-state index contributed by atoms with van der Waals surface area (Å²) in [5.41, 5.74) is 4.92. The maximum Gasteiger partial charge on any atom is 0.115 e. The third kappa shape index (κ3) is 2.40. The standard InChI is InChI=1S/C19H14N2O2/c22-16-6-1-13(2-7-16)14-3-10-19-18(11-14)20-12-21(19)15-4-8-17(23)9-5-15/h1-12,22-23H. The van der Waals surface area contributed by atoms with Gasteiger partial charge < -0.3 is 10.2 Å². The van der Waals surface area contributed by atoms with Crippen LogP contribution in [0.25, 0.3) is 27.8 Å². The highest BCUT2D eigenvalue weighted by Crippen LogP contribution is 2.27. The van der Waals surface area contributed by atoms with Crippen LogP contribution in [0.1, 0.15) is 0 Å². The number of hydrogen-bond donors (Lipinski definition) is 2. The Kier molecular flexibility index (Phi) is 3.01. The molecule has 4 rings (SSSR count). The Bertz CT molecular complexity index is 971. The highest BCUT2D eigenvalue weighted by molar-refractivity contribution is 5.83. The summed E-state index contributed by atoms with van der Waals surface area (Å²) in [6.45, 7) is 0. The first kappa shape index (κ1) is 13.4. The van der Waals surface area contributed by atoms with Gasteiger partial charge in [0.25, 0.3) is 0 Å². The molecule has 4 nitrogen and oxygen atoms in total. The van der Waals surface area contributed by atoms with Crippen molar-refractivity contribution >= 4 is 11.0 Å². The van der Waals surface area contributed by atoms with Gasteiger partial charge in [0.1, 0.15) is 17.8 Å². The lowest BCUT2D eigenvalue weighted by Gasteiger charge is -2.06. The van der Waals surface area contributed by atoms with Gasteiger partial charge in [-0.3, -0.25) is 4.57 Å². The first-order valence-electron chi connectivity index (χ1n) is 7.27.